The van der Waals surface area contributed by atoms with Gasteiger partial charge in [-0.15, -0.1) is 24.8 Å². The van der Waals surface area contributed by atoms with Gasteiger partial charge in [-0.25, -0.2) is 0 Å². The lowest BCUT2D eigenvalue weighted by atomic mass is 9.99. The predicted molar refractivity (Wildman–Crippen MR) is 80.1 cm³/mol. The topological polar surface area (TPSA) is 58.8 Å². The second-order valence-electron chi connectivity index (χ2n) is 4.94. The summed E-state index contributed by atoms with van der Waals surface area (Å²) >= 11 is 0. The van der Waals surface area contributed by atoms with Crippen molar-refractivity contribution in [2.24, 2.45) is 11.7 Å². The first kappa shape index (κ1) is 18.9. The Bertz CT molecular complexity index is 255. The number of piperazine rings is 1. The molecule has 2 heterocycles. The smallest absolute Gasteiger partial charge is 0.236 e. The van der Waals surface area contributed by atoms with E-state index in [1.807, 2.05) is 4.90 Å². The maximum Gasteiger partial charge on any atom is 0.236 e. The van der Waals surface area contributed by atoms with Crippen molar-refractivity contribution in [3.8, 4) is 0 Å². The summed E-state index contributed by atoms with van der Waals surface area (Å²) in [6.07, 6.45) is 2.36. The molecular weight excluding hydrogens is 289 g/mol. The van der Waals surface area contributed by atoms with Crippen molar-refractivity contribution in [3.63, 3.8) is 0 Å². The zero-order chi connectivity index (χ0) is 12.1. The standard InChI is InChI=1S/C12H23N3O2.2ClH/c13-9-12(16)15-5-3-14(4-6-15)10-11-1-7-17-8-2-11;;/h11H,1-10,13H2;2*1H. The van der Waals surface area contributed by atoms with Crippen molar-refractivity contribution < 1.29 is 9.53 Å². The maximum atomic E-state index is 11.4. The molecule has 114 valence electrons. The molecule has 0 aromatic carbocycles. The van der Waals surface area contributed by atoms with Gasteiger partial charge in [0.1, 0.15) is 0 Å². The molecule has 0 aromatic heterocycles. The molecule has 2 N–H and O–H groups in total. The molecule has 19 heavy (non-hydrogen) atoms. The van der Waals surface area contributed by atoms with E-state index >= 15 is 0 Å². The Morgan fingerprint density at radius 1 is 1.11 bits per heavy atom. The SMILES string of the molecule is Cl.Cl.NCC(=O)N1CCN(CC2CCOCC2)CC1. The van der Waals surface area contributed by atoms with Gasteiger partial charge < -0.3 is 15.4 Å². The first-order valence-electron chi connectivity index (χ1n) is 6.57. The van der Waals surface area contributed by atoms with Crippen LogP contribution in [0.3, 0.4) is 0 Å². The normalized spacial score (nSPS) is 21.4. The zero-order valence-corrected chi connectivity index (χ0v) is 12.9. The van der Waals surface area contributed by atoms with E-state index in [-0.39, 0.29) is 37.3 Å². The molecule has 0 unspecified atom stereocenters. The van der Waals surface area contributed by atoms with Crippen molar-refractivity contribution in [1.82, 2.24) is 9.80 Å². The van der Waals surface area contributed by atoms with Crippen LogP contribution in [0.1, 0.15) is 12.8 Å². The summed E-state index contributed by atoms with van der Waals surface area (Å²) in [7, 11) is 0. The largest absolute Gasteiger partial charge is 0.381 e. The fraction of sp³-hybridized carbons (Fsp3) is 0.917. The van der Waals surface area contributed by atoms with Gasteiger partial charge in [0.05, 0.1) is 6.54 Å². The summed E-state index contributed by atoms with van der Waals surface area (Å²) in [4.78, 5) is 15.8. The minimum absolute atomic E-state index is 0. The van der Waals surface area contributed by atoms with Crippen molar-refractivity contribution in [3.05, 3.63) is 0 Å². The number of nitrogens with zero attached hydrogens (tertiary/aromatic N) is 2. The lowest BCUT2D eigenvalue weighted by Gasteiger charge is -2.37. The minimum atomic E-state index is 0. The average Bonchev–Trinajstić information content (AvgIpc) is 2.40. The third kappa shape index (κ3) is 5.83. The van der Waals surface area contributed by atoms with Crippen molar-refractivity contribution >= 4 is 30.7 Å². The van der Waals surface area contributed by atoms with E-state index in [9.17, 15) is 4.79 Å². The highest BCUT2D eigenvalue weighted by Gasteiger charge is 2.23. The number of rotatable bonds is 3. The van der Waals surface area contributed by atoms with Gasteiger partial charge in [0.25, 0.3) is 0 Å². The Hall–Kier alpha value is -0.0700. The van der Waals surface area contributed by atoms with Gasteiger partial charge in [-0.05, 0) is 18.8 Å². The molecule has 0 bridgehead atoms. The number of amides is 1. The highest BCUT2D eigenvalue weighted by molar-refractivity contribution is 5.85. The molecule has 2 aliphatic rings. The summed E-state index contributed by atoms with van der Waals surface area (Å²) in [5.74, 6) is 0.858. The summed E-state index contributed by atoms with van der Waals surface area (Å²) in [5.41, 5.74) is 5.37. The Morgan fingerprint density at radius 2 is 1.68 bits per heavy atom. The van der Waals surface area contributed by atoms with Crippen LogP contribution in [0, 0.1) is 5.92 Å². The van der Waals surface area contributed by atoms with Gasteiger partial charge in [-0.1, -0.05) is 0 Å². The summed E-state index contributed by atoms with van der Waals surface area (Å²) in [5, 5.41) is 0. The molecule has 5 nitrogen and oxygen atoms in total. The van der Waals surface area contributed by atoms with Gasteiger partial charge in [-0.2, -0.15) is 0 Å². The predicted octanol–water partition coefficient (Wildman–Crippen LogP) is 0.359. The fourth-order valence-corrected chi connectivity index (χ4v) is 2.60. The number of hydrogen-bond donors (Lipinski definition) is 1. The Kier molecular flexibility index (Phi) is 9.74. The Balaban J connectivity index is 0.00000162. The molecule has 2 rings (SSSR count). The van der Waals surface area contributed by atoms with Gasteiger partial charge in [0.15, 0.2) is 0 Å². The fourth-order valence-electron chi connectivity index (χ4n) is 2.60. The first-order valence-corrected chi connectivity index (χ1v) is 6.57. The highest BCUT2D eigenvalue weighted by atomic mass is 35.5. The zero-order valence-electron chi connectivity index (χ0n) is 11.3. The lowest BCUT2D eigenvalue weighted by molar-refractivity contribution is -0.131. The molecule has 0 spiro atoms. The monoisotopic (exact) mass is 313 g/mol. The summed E-state index contributed by atoms with van der Waals surface area (Å²) < 4.78 is 5.37. The third-order valence-electron chi connectivity index (χ3n) is 3.76. The van der Waals surface area contributed by atoms with Crippen molar-refractivity contribution in [2.45, 2.75) is 12.8 Å². The number of carbonyl (C=O) groups excluding carboxylic acids is 1. The Labute approximate surface area is 127 Å². The molecule has 2 saturated heterocycles. The molecule has 0 atom stereocenters. The van der Waals surface area contributed by atoms with Crippen LogP contribution in [0.2, 0.25) is 0 Å². The van der Waals surface area contributed by atoms with Crippen molar-refractivity contribution in [2.75, 3.05) is 52.5 Å². The first-order chi connectivity index (χ1) is 8.29. The van der Waals surface area contributed by atoms with Crippen LogP contribution < -0.4 is 5.73 Å². The number of carbonyl (C=O) groups is 1. The summed E-state index contributed by atoms with van der Waals surface area (Å²) in [6, 6.07) is 0. The molecule has 0 saturated carbocycles. The molecule has 2 aliphatic heterocycles. The van der Waals surface area contributed by atoms with E-state index in [1.165, 1.54) is 12.8 Å². The van der Waals surface area contributed by atoms with E-state index < -0.39 is 0 Å². The molecule has 7 heteroatoms. The minimum Gasteiger partial charge on any atom is -0.381 e. The lowest BCUT2D eigenvalue weighted by Crippen LogP contribution is -2.51. The van der Waals surface area contributed by atoms with E-state index in [2.05, 4.69) is 4.90 Å². The molecule has 0 aromatic rings. The van der Waals surface area contributed by atoms with Crippen molar-refractivity contribution in [1.29, 1.82) is 0 Å². The van der Waals surface area contributed by atoms with E-state index in [1.54, 1.807) is 0 Å². The van der Waals surface area contributed by atoms with E-state index in [4.69, 9.17) is 10.5 Å². The number of hydrogen-bond acceptors (Lipinski definition) is 4. The number of ether oxygens (including phenoxy) is 1. The molecular formula is C12H25Cl2N3O2. The number of halogens is 2. The van der Waals surface area contributed by atoms with E-state index in [0.717, 1.165) is 51.9 Å². The van der Waals surface area contributed by atoms with Gasteiger partial charge in [0.2, 0.25) is 5.91 Å². The van der Waals surface area contributed by atoms with Crippen LogP contribution in [0.25, 0.3) is 0 Å². The van der Waals surface area contributed by atoms with Gasteiger partial charge in [-0.3, -0.25) is 9.69 Å². The Morgan fingerprint density at radius 3 is 2.21 bits per heavy atom. The molecule has 0 radical (unpaired) electrons. The second kappa shape index (κ2) is 9.77. The molecule has 0 aliphatic carbocycles. The number of nitrogens with two attached hydrogens (primary N) is 1. The maximum absolute atomic E-state index is 11.4. The molecule has 1 amide bonds. The van der Waals surface area contributed by atoms with Crippen LogP contribution in [0.4, 0.5) is 0 Å². The van der Waals surface area contributed by atoms with Gasteiger partial charge in [0, 0.05) is 45.9 Å². The van der Waals surface area contributed by atoms with Gasteiger partial charge >= 0.3 is 0 Å². The van der Waals surface area contributed by atoms with Crippen LogP contribution in [-0.4, -0.2) is 68.2 Å². The van der Waals surface area contributed by atoms with Crippen LogP contribution in [0.5, 0.6) is 0 Å². The quantitative estimate of drug-likeness (QED) is 0.817. The van der Waals surface area contributed by atoms with E-state index in [0.29, 0.717) is 0 Å². The summed E-state index contributed by atoms with van der Waals surface area (Å²) in [6.45, 7) is 6.77. The highest BCUT2D eigenvalue weighted by Crippen LogP contribution is 2.17. The second-order valence-corrected chi connectivity index (χ2v) is 4.94. The molecule has 2 fully saturated rings. The average molecular weight is 314 g/mol. The third-order valence-corrected chi connectivity index (χ3v) is 3.76. The van der Waals surface area contributed by atoms with Crippen LogP contribution in [-0.2, 0) is 9.53 Å². The van der Waals surface area contributed by atoms with Crippen LogP contribution in [0.15, 0.2) is 0 Å². The van der Waals surface area contributed by atoms with Crippen LogP contribution >= 0.6 is 24.8 Å².